The highest BCUT2D eigenvalue weighted by Gasteiger charge is 2.55. The van der Waals surface area contributed by atoms with Crippen molar-refractivity contribution in [3.05, 3.63) is 12.2 Å². The molecule has 0 saturated heterocycles. The molecule has 0 aromatic heterocycles. The van der Waals surface area contributed by atoms with Crippen LogP contribution in [0.5, 0.6) is 0 Å². The summed E-state index contributed by atoms with van der Waals surface area (Å²) >= 11 is 0. The Hall–Kier alpha value is -0.790. The largest absolute Gasteiger partial charge is 0.481 e. The molecule has 6 aliphatic rings. The Balaban J connectivity index is 1.17. The molecular weight excluding hydrogens is 368 g/mol. The van der Waals surface area contributed by atoms with Crippen molar-refractivity contribution in [1.29, 1.82) is 0 Å². The summed E-state index contributed by atoms with van der Waals surface area (Å²) in [6.45, 7) is 0. The number of fused-ring (bicyclic) bond motifs is 7. The summed E-state index contributed by atoms with van der Waals surface area (Å²) in [6, 6.07) is 0. The molecule has 0 aromatic carbocycles. The van der Waals surface area contributed by atoms with Crippen LogP contribution >= 0.6 is 0 Å². The lowest BCUT2D eigenvalue weighted by molar-refractivity contribution is -0.157. The predicted molar refractivity (Wildman–Crippen MR) is 120 cm³/mol. The molecule has 0 bridgehead atoms. The number of carboxylic acid groups (broad SMARTS) is 1. The monoisotopic (exact) mass is 410 g/mol. The standard InChI is InChI=1S/C28H42O2/c29-27(30)28(15-2-1-3-16-28)20-9-12-22-19(17-20)8-11-26-24(22)14-13-23-21-6-4-5-18(21)7-10-25(23)26/h1-2,18-26H,3-17H2,(H,29,30). The van der Waals surface area contributed by atoms with Crippen molar-refractivity contribution in [1.82, 2.24) is 0 Å². The maximum absolute atomic E-state index is 12.4. The highest BCUT2D eigenvalue weighted by Crippen LogP contribution is 2.62. The van der Waals surface area contributed by atoms with Crippen molar-refractivity contribution < 1.29 is 9.90 Å². The van der Waals surface area contributed by atoms with Crippen molar-refractivity contribution in [3.8, 4) is 0 Å². The molecular formula is C28H42O2. The molecule has 5 saturated carbocycles. The van der Waals surface area contributed by atoms with Crippen LogP contribution in [0.4, 0.5) is 0 Å². The molecule has 0 radical (unpaired) electrons. The van der Waals surface area contributed by atoms with Crippen LogP contribution in [0.15, 0.2) is 12.2 Å². The van der Waals surface area contributed by atoms with Crippen LogP contribution in [0.1, 0.15) is 96.3 Å². The van der Waals surface area contributed by atoms with Crippen LogP contribution in [0.25, 0.3) is 0 Å². The van der Waals surface area contributed by atoms with Gasteiger partial charge in [-0.25, -0.2) is 0 Å². The van der Waals surface area contributed by atoms with Crippen LogP contribution in [-0.2, 0) is 4.79 Å². The summed E-state index contributed by atoms with van der Waals surface area (Å²) < 4.78 is 0. The molecule has 1 N–H and O–H groups in total. The average Bonchev–Trinajstić information content (AvgIpc) is 3.28. The lowest BCUT2D eigenvalue weighted by atomic mass is 9.47. The third-order valence-corrected chi connectivity index (χ3v) is 11.7. The van der Waals surface area contributed by atoms with Crippen LogP contribution in [0, 0.1) is 58.7 Å². The number of carbonyl (C=O) groups is 1. The molecule has 5 fully saturated rings. The topological polar surface area (TPSA) is 37.3 Å². The molecule has 2 heteroatoms. The number of hydrogen-bond acceptors (Lipinski definition) is 1. The Labute approximate surface area is 183 Å². The molecule has 0 amide bonds. The highest BCUT2D eigenvalue weighted by atomic mass is 16.4. The lowest BCUT2D eigenvalue weighted by Crippen LogP contribution is -2.50. The lowest BCUT2D eigenvalue weighted by Gasteiger charge is -2.57. The molecule has 0 aromatic rings. The van der Waals surface area contributed by atoms with Gasteiger partial charge in [0, 0.05) is 0 Å². The zero-order valence-electron chi connectivity index (χ0n) is 18.8. The van der Waals surface area contributed by atoms with E-state index < -0.39 is 11.4 Å². The van der Waals surface area contributed by atoms with Gasteiger partial charge in [0.2, 0.25) is 0 Å². The van der Waals surface area contributed by atoms with E-state index in [2.05, 4.69) is 12.2 Å². The quantitative estimate of drug-likeness (QED) is 0.493. The van der Waals surface area contributed by atoms with E-state index in [1.807, 2.05) is 0 Å². The first-order valence-corrected chi connectivity index (χ1v) is 13.6. The van der Waals surface area contributed by atoms with E-state index in [9.17, 15) is 9.90 Å². The first-order chi connectivity index (χ1) is 14.7. The number of carboxylic acids is 1. The van der Waals surface area contributed by atoms with E-state index in [1.165, 1.54) is 57.8 Å². The summed E-state index contributed by atoms with van der Waals surface area (Å²) in [5.74, 6) is 7.98. The summed E-state index contributed by atoms with van der Waals surface area (Å²) in [5.41, 5.74) is -0.449. The van der Waals surface area contributed by atoms with Gasteiger partial charge in [-0.15, -0.1) is 0 Å². The van der Waals surface area contributed by atoms with Gasteiger partial charge in [0.25, 0.3) is 0 Å². The van der Waals surface area contributed by atoms with Crippen molar-refractivity contribution in [2.24, 2.45) is 58.7 Å². The Bertz CT molecular complexity index is 697. The summed E-state index contributed by atoms with van der Waals surface area (Å²) in [5, 5.41) is 10.2. The molecule has 6 aliphatic carbocycles. The second-order valence-electron chi connectivity index (χ2n) is 12.4. The van der Waals surface area contributed by atoms with Crippen molar-refractivity contribution in [2.75, 3.05) is 0 Å². The molecule has 0 spiro atoms. The Morgan fingerprint density at radius 3 is 2.03 bits per heavy atom. The van der Waals surface area contributed by atoms with E-state index in [1.54, 1.807) is 19.3 Å². The molecule has 10 unspecified atom stereocenters. The van der Waals surface area contributed by atoms with E-state index >= 15 is 0 Å². The van der Waals surface area contributed by atoms with E-state index in [0.717, 1.165) is 66.6 Å². The summed E-state index contributed by atoms with van der Waals surface area (Å²) in [4.78, 5) is 12.4. The SMILES string of the molecule is O=C(O)C1(C2CCC3C(CCC4C3CCC3C5CCCC5CCC34)C2)CC=CCC1. The fourth-order valence-corrected chi connectivity index (χ4v) is 10.4. The molecule has 0 heterocycles. The normalized spacial score (nSPS) is 52.6. The fourth-order valence-electron chi connectivity index (χ4n) is 10.4. The van der Waals surface area contributed by atoms with Gasteiger partial charge in [0.1, 0.15) is 0 Å². The Morgan fingerprint density at radius 2 is 1.33 bits per heavy atom. The fraction of sp³-hybridized carbons (Fsp3) is 0.893. The summed E-state index contributed by atoms with van der Waals surface area (Å²) in [6.07, 6.45) is 24.3. The van der Waals surface area contributed by atoms with Gasteiger partial charge in [0.15, 0.2) is 0 Å². The third kappa shape index (κ3) is 2.98. The van der Waals surface area contributed by atoms with E-state index in [0.29, 0.717) is 5.92 Å². The van der Waals surface area contributed by atoms with Crippen LogP contribution in [0.3, 0.4) is 0 Å². The van der Waals surface area contributed by atoms with E-state index in [-0.39, 0.29) is 0 Å². The number of aliphatic carboxylic acids is 1. The molecule has 166 valence electrons. The first kappa shape index (κ1) is 19.9. The number of hydrogen-bond donors (Lipinski definition) is 1. The van der Waals surface area contributed by atoms with Gasteiger partial charge in [0.05, 0.1) is 5.41 Å². The Kier molecular flexibility index (Phi) is 5.07. The minimum atomic E-state index is -0.502. The van der Waals surface area contributed by atoms with Crippen molar-refractivity contribution in [2.45, 2.75) is 96.3 Å². The van der Waals surface area contributed by atoms with Gasteiger partial charge in [-0.1, -0.05) is 25.0 Å². The number of allylic oxidation sites excluding steroid dienone is 2. The average molecular weight is 411 g/mol. The minimum Gasteiger partial charge on any atom is -0.481 e. The second kappa shape index (κ2) is 7.66. The maximum Gasteiger partial charge on any atom is 0.310 e. The van der Waals surface area contributed by atoms with Gasteiger partial charge in [-0.05, 0) is 137 Å². The summed E-state index contributed by atoms with van der Waals surface area (Å²) in [7, 11) is 0. The van der Waals surface area contributed by atoms with Gasteiger partial charge >= 0.3 is 5.97 Å². The van der Waals surface area contributed by atoms with Crippen LogP contribution in [0.2, 0.25) is 0 Å². The second-order valence-corrected chi connectivity index (χ2v) is 12.4. The maximum atomic E-state index is 12.4. The van der Waals surface area contributed by atoms with Crippen LogP contribution < -0.4 is 0 Å². The molecule has 2 nitrogen and oxygen atoms in total. The van der Waals surface area contributed by atoms with Gasteiger partial charge in [-0.2, -0.15) is 0 Å². The highest BCUT2D eigenvalue weighted by molar-refractivity contribution is 5.75. The molecule has 6 rings (SSSR count). The molecule has 0 aliphatic heterocycles. The van der Waals surface area contributed by atoms with Crippen LogP contribution in [-0.4, -0.2) is 11.1 Å². The predicted octanol–water partition coefficient (Wildman–Crippen LogP) is 7.09. The van der Waals surface area contributed by atoms with Gasteiger partial charge in [-0.3, -0.25) is 4.79 Å². The minimum absolute atomic E-state index is 0.419. The van der Waals surface area contributed by atoms with Crippen molar-refractivity contribution in [3.63, 3.8) is 0 Å². The Morgan fingerprint density at radius 1 is 0.700 bits per heavy atom. The smallest absolute Gasteiger partial charge is 0.310 e. The first-order valence-electron chi connectivity index (χ1n) is 13.6. The van der Waals surface area contributed by atoms with E-state index in [4.69, 9.17) is 0 Å². The zero-order valence-corrected chi connectivity index (χ0v) is 18.8. The number of rotatable bonds is 2. The van der Waals surface area contributed by atoms with Crippen molar-refractivity contribution >= 4 is 5.97 Å². The zero-order chi connectivity index (χ0) is 20.3. The molecule has 10 atom stereocenters. The third-order valence-electron chi connectivity index (χ3n) is 11.7. The van der Waals surface area contributed by atoms with Gasteiger partial charge < -0.3 is 5.11 Å². The molecule has 30 heavy (non-hydrogen) atoms.